The second-order valence-electron chi connectivity index (χ2n) is 3.29. The molecule has 0 saturated heterocycles. The molecular weight excluding hydrogens is 244 g/mol. The van der Waals surface area contributed by atoms with Crippen LogP contribution in [0.15, 0.2) is 12.4 Å². The van der Waals surface area contributed by atoms with Gasteiger partial charge in [-0.1, -0.05) is 11.6 Å². The Morgan fingerprint density at radius 1 is 1.59 bits per heavy atom. The van der Waals surface area contributed by atoms with Gasteiger partial charge in [0.15, 0.2) is 0 Å². The smallest absolute Gasteiger partial charge is 0.255 e. The summed E-state index contributed by atoms with van der Waals surface area (Å²) in [4.78, 5) is 19.0. The van der Waals surface area contributed by atoms with Crippen LogP contribution < -0.4 is 10.6 Å². The molecular formula is C9H11ClN6O. The third-order valence-electron chi connectivity index (χ3n) is 2.16. The third-order valence-corrected chi connectivity index (χ3v) is 2.35. The van der Waals surface area contributed by atoms with Crippen molar-refractivity contribution < 1.29 is 4.79 Å². The summed E-state index contributed by atoms with van der Waals surface area (Å²) in [5, 5.41) is 9.92. The van der Waals surface area contributed by atoms with E-state index in [2.05, 4.69) is 25.7 Å². The van der Waals surface area contributed by atoms with Crippen LogP contribution in [0.2, 0.25) is 5.15 Å². The Kier molecular flexibility index (Phi) is 3.38. The molecule has 0 fully saturated rings. The average molecular weight is 255 g/mol. The molecule has 2 heterocycles. The summed E-state index contributed by atoms with van der Waals surface area (Å²) in [6, 6.07) is 1.63. The monoisotopic (exact) mass is 254 g/mol. The topological polar surface area (TPSA) is 84.2 Å². The van der Waals surface area contributed by atoms with Gasteiger partial charge in [-0.3, -0.25) is 4.79 Å². The molecule has 0 aliphatic carbocycles. The van der Waals surface area contributed by atoms with Gasteiger partial charge in [-0.25, -0.2) is 0 Å². The maximum absolute atomic E-state index is 11.1. The van der Waals surface area contributed by atoms with Crippen LogP contribution in [0.5, 0.6) is 0 Å². The molecule has 0 atom stereocenters. The average Bonchev–Trinajstić information content (AvgIpc) is 2.76. The van der Waals surface area contributed by atoms with Crippen molar-refractivity contribution in [1.29, 1.82) is 0 Å². The summed E-state index contributed by atoms with van der Waals surface area (Å²) in [6.07, 6.45) is 1.76. The number of halogens is 1. The largest absolute Gasteiger partial charge is 0.369 e. The molecule has 0 aromatic carbocycles. The summed E-state index contributed by atoms with van der Waals surface area (Å²) in [7, 11) is 1.60. The maximum Gasteiger partial charge on any atom is 0.255 e. The first kappa shape index (κ1) is 11.6. The van der Waals surface area contributed by atoms with Crippen molar-refractivity contribution in [2.45, 2.75) is 6.42 Å². The highest BCUT2D eigenvalue weighted by molar-refractivity contribution is 6.29. The molecule has 8 heteroatoms. The lowest BCUT2D eigenvalue weighted by Gasteiger charge is -2.07. The normalized spacial score (nSPS) is 10.5. The number of anilines is 1. The van der Waals surface area contributed by atoms with E-state index in [-0.39, 0.29) is 5.91 Å². The minimum absolute atomic E-state index is 0.0347. The maximum atomic E-state index is 11.1. The second-order valence-corrected chi connectivity index (χ2v) is 3.67. The van der Waals surface area contributed by atoms with E-state index in [4.69, 9.17) is 11.6 Å². The van der Waals surface area contributed by atoms with Crippen molar-refractivity contribution in [2.24, 2.45) is 0 Å². The predicted octanol–water partition coefficient (Wildman–Crippen LogP) is 0.326. The molecule has 2 N–H and O–H groups in total. The van der Waals surface area contributed by atoms with Gasteiger partial charge in [0.1, 0.15) is 17.3 Å². The van der Waals surface area contributed by atoms with Gasteiger partial charge in [0.2, 0.25) is 5.91 Å². The molecule has 17 heavy (non-hydrogen) atoms. The molecule has 0 unspecified atom stereocenters. The minimum atomic E-state index is -0.0347. The number of nitrogens with one attached hydrogen (secondary N) is 2. The zero-order chi connectivity index (χ0) is 12.3. The fourth-order valence-corrected chi connectivity index (χ4v) is 1.52. The number of carbonyl (C=O) groups is 1. The Morgan fingerprint density at radius 3 is 3.18 bits per heavy atom. The van der Waals surface area contributed by atoms with Crippen LogP contribution in [0, 0.1) is 0 Å². The van der Waals surface area contributed by atoms with Gasteiger partial charge < -0.3 is 10.6 Å². The molecule has 0 radical (unpaired) electrons. The molecule has 2 aromatic rings. The van der Waals surface area contributed by atoms with Crippen LogP contribution in [0.3, 0.4) is 0 Å². The predicted molar refractivity (Wildman–Crippen MR) is 63.0 cm³/mol. The van der Waals surface area contributed by atoms with E-state index >= 15 is 0 Å². The van der Waals surface area contributed by atoms with Gasteiger partial charge in [0, 0.05) is 26.1 Å². The standard InChI is InChI=1S/C9H11ClN6O/c1-11-8(17)2-3-12-7-4-6(10)15-9-13-5-14-16(7)9/h4-5,12H,2-3H2,1H3,(H,11,17). The van der Waals surface area contributed by atoms with E-state index in [9.17, 15) is 4.79 Å². The van der Waals surface area contributed by atoms with Crippen molar-refractivity contribution in [3.63, 3.8) is 0 Å². The Labute approximate surface area is 102 Å². The number of rotatable bonds is 4. The van der Waals surface area contributed by atoms with Crippen LogP contribution in [0.1, 0.15) is 6.42 Å². The van der Waals surface area contributed by atoms with Gasteiger partial charge in [-0.2, -0.15) is 19.6 Å². The van der Waals surface area contributed by atoms with Gasteiger partial charge >= 0.3 is 0 Å². The van der Waals surface area contributed by atoms with Gasteiger partial charge in [0.25, 0.3) is 5.78 Å². The molecule has 7 nitrogen and oxygen atoms in total. The van der Waals surface area contributed by atoms with Crippen molar-refractivity contribution in [3.05, 3.63) is 17.5 Å². The summed E-state index contributed by atoms with van der Waals surface area (Å²) in [5.41, 5.74) is 0. The first-order valence-corrected chi connectivity index (χ1v) is 5.39. The molecule has 0 spiro atoms. The third kappa shape index (κ3) is 2.62. The number of carbonyl (C=O) groups excluding carboxylic acids is 1. The molecule has 2 aromatic heterocycles. The molecule has 2 rings (SSSR count). The summed E-state index contributed by atoms with van der Waals surface area (Å²) >= 11 is 5.84. The van der Waals surface area contributed by atoms with E-state index < -0.39 is 0 Å². The van der Waals surface area contributed by atoms with Gasteiger partial charge in [0.05, 0.1) is 0 Å². The Morgan fingerprint density at radius 2 is 2.41 bits per heavy atom. The lowest BCUT2D eigenvalue weighted by molar-refractivity contribution is -0.120. The quantitative estimate of drug-likeness (QED) is 0.768. The summed E-state index contributed by atoms with van der Waals surface area (Å²) < 4.78 is 1.52. The number of nitrogens with zero attached hydrogens (tertiary/aromatic N) is 4. The minimum Gasteiger partial charge on any atom is -0.369 e. The first-order chi connectivity index (χ1) is 8.20. The molecule has 1 amide bonds. The van der Waals surface area contributed by atoms with E-state index in [1.54, 1.807) is 13.1 Å². The number of hydrogen-bond acceptors (Lipinski definition) is 5. The molecule has 90 valence electrons. The van der Waals surface area contributed by atoms with Crippen molar-refractivity contribution in [1.82, 2.24) is 24.9 Å². The van der Waals surface area contributed by atoms with Crippen molar-refractivity contribution >= 4 is 29.1 Å². The Balaban J connectivity index is 2.12. The summed E-state index contributed by atoms with van der Waals surface area (Å²) in [5.74, 6) is 1.04. The number of hydrogen-bond donors (Lipinski definition) is 2. The van der Waals surface area contributed by atoms with E-state index in [1.165, 1.54) is 10.8 Å². The second kappa shape index (κ2) is 4.96. The van der Waals surface area contributed by atoms with E-state index in [0.717, 1.165) is 0 Å². The van der Waals surface area contributed by atoms with Crippen LogP contribution >= 0.6 is 11.6 Å². The van der Waals surface area contributed by atoms with Crippen LogP contribution in [0.25, 0.3) is 5.78 Å². The Bertz CT molecular complexity index is 539. The van der Waals surface area contributed by atoms with Crippen LogP contribution in [-0.2, 0) is 4.79 Å². The lowest BCUT2D eigenvalue weighted by Crippen LogP contribution is -2.21. The Hall–Kier alpha value is -1.89. The lowest BCUT2D eigenvalue weighted by atomic mass is 10.4. The van der Waals surface area contributed by atoms with Crippen molar-refractivity contribution in [2.75, 3.05) is 18.9 Å². The van der Waals surface area contributed by atoms with Crippen LogP contribution in [0.4, 0.5) is 5.82 Å². The molecule has 0 aliphatic heterocycles. The van der Waals surface area contributed by atoms with Gasteiger partial charge in [-0.15, -0.1) is 0 Å². The van der Waals surface area contributed by atoms with Crippen molar-refractivity contribution in [3.8, 4) is 0 Å². The fraction of sp³-hybridized carbons (Fsp3) is 0.333. The van der Waals surface area contributed by atoms with E-state index in [0.29, 0.717) is 29.7 Å². The zero-order valence-electron chi connectivity index (χ0n) is 9.14. The van der Waals surface area contributed by atoms with Crippen LogP contribution in [-0.4, -0.2) is 39.1 Å². The molecule has 0 aliphatic rings. The van der Waals surface area contributed by atoms with E-state index in [1.807, 2.05) is 0 Å². The molecule has 0 bridgehead atoms. The first-order valence-electron chi connectivity index (χ1n) is 5.01. The SMILES string of the molecule is CNC(=O)CCNc1cc(Cl)nc2ncnn12. The fourth-order valence-electron chi connectivity index (χ4n) is 1.34. The number of aromatic nitrogens is 4. The highest BCUT2D eigenvalue weighted by Gasteiger charge is 2.06. The zero-order valence-corrected chi connectivity index (χ0v) is 9.90. The molecule has 0 saturated carbocycles. The highest BCUT2D eigenvalue weighted by atomic mass is 35.5. The number of amides is 1. The number of fused-ring (bicyclic) bond motifs is 1. The highest BCUT2D eigenvalue weighted by Crippen LogP contribution is 2.14. The summed E-state index contributed by atoms with van der Waals surface area (Å²) in [6.45, 7) is 0.481. The van der Waals surface area contributed by atoms with Gasteiger partial charge in [-0.05, 0) is 0 Å².